The van der Waals surface area contributed by atoms with Crippen molar-refractivity contribution in [2.75, 3.05) is 5.32 Å². The minimum Gasteiger partial charge on any atom is -0.478 e. The summed E-state index contributed by atoms with van der Waals surface area (Å²) in [5.41, 5.74) is 0.756. The van der Waals surface area contributed by atoms with Gasteiger partial charge in [0.2, 0.25) is 0 Å². The monoisotopic (exact) mass is 409 g/mol. The second kappa shape index (κ2) is 7.41. The second-order valence-corrected chi connectivity index (χ2v) is 6.49. The fourth-order valence-electron chi connectivity index (χ4n) is 2.25. The highest BCUT2D eigenvalue weighted by Crippen LogP contribution is 2.31. The van der Waals surface area contributed by atoms with Gasteiger partial charge in [0.1, 0.15) is 5.76 Å². The fraction of sp³-hybridized carbons (Fsp3) is 0. The number of nitrogens with one attached hydrogen (secondary N) is 1. The van der Waals surface area contributed by atoms with E-state index in [-0.39, 0.29) is 22.0 Å². The molecule has 0 atom stereocenters. The first-order valence-electron chi connectivity index (χ1n) is 7.24. The molecule has 1 aromatic heterocycles. The Labute approximate surface area is 163 Å². The minimum atomic E-state index is -1.19. The lowest BCUT2D eigenvalue weighted by Crippen LogP contribution is -2.11. The highest BCUT2D eigenvalue weighted by Gasteiger charge is 2.16. The number of halogens is 3. The number of aromatic carboxylic acids is 1. The molecule has 0 aliphatic heterocycles. The fourth-order valence-corrected chi connectivity index (χ4v) is 2.95. The number of hydrogen-bond donors (Lipinski definition) is 2. The first kappa shape index (κ1) is 18.3. The van der Waals surface area contributed by atoms with E-state index in [4.69, 9.17) is 44.3 Å². The maximum atomic E-state index is 12.3. The van der Waals surface area contributed by atoms with Crippen molar-refractivity contribution in [1.29, 1.82) is 0 Å². The summed E-state index contributed by atoms with van der Waals surface area (Å²) in [6, 6.07) is 12.2. The van der Waals surface area contributed by atoms with Gasteiger partial charge in [-0.2, -0.15) is 0 Å². The number of hydrogen-bond acceptors (Lipinski definition) is 3. The first-order valence-corrected chi connectivity index (χ1v) is 8.38. The zero-order valence-corrected chi connectivity index (χ0v) is 15.2. The van der Waals surface area contributed by atoms with Crippen LogP contribution in [0.15, 0.2) is 52.9 Å². The molecule has 0 saturated heterocycles. The normalized spacial score (nSPS) is 10.6. The van der Waals surface area contributed by atoms with Crippen LogP contribution in [-0.4, -0.2) is 17.0 Å². The molecule has 132 valence electrons. The summed E-state index contributed by atoms with van der Waals surface area (Å²) in [4.78, 5) is 23.4. The van der Waals surface area contributed by atoms with E-state index in [9.17, 15) is 9.59 Å². The average Bonchev–Trinajstić information content (AvgIpc) is 3.06. The number of amides is 1. The van der Waals surface area contributed by atoms with Crippen LogP contribution in [0.5, 0.6) is 0 Å². The molecule has 2 N–H and O–H groups in total. The zero-order chi connectivity index (χ0) is 18.8. The van der Waals surface area contributed by atoms with Crippen molar-refractivity contribution in [3.8, 4) is 11.3 Å². The van der Waals surface area contributed by atoms with Gasteiger partial charge in [-0.3, -0.25) is 4.79 Å². The average molecular weight is 411 g/mol. The van der Waals surface area contributed by atoms with Crippen LogP contribution in [0, 0.1) is 0 Å². The van der Waals surface area contributed by atoms with Gasteiger partial charge in [0.05, 0.1) is 15.6 Å². The van der Waals surface area contributed by atoms with Crippen molar-refractivity contribution >= 4 is 52.4 Å². The summed E-state index contributed by atoms with van der Waals surface area (Å²) in [5.74, 6) is -1.29. The Hall–Kier alpha value is -2.47. The van der Waals surface area contributed by atoms with Gasteiger partial charge in [0.25, 0.3) is 5.91 Å². The third-order valence-electron chi connectivity index (χ3n) is 3.48. The van der Waals surface area contributed by atoms with Gasteiger partial charge in [0, 0.05) is 16.3 Å². The third-order valence-corrected chi connectivity index (χ3v) is 4.36. The Morgan fingerprint density at radius 1 is 0.923 bits per heavy atom. The first-order chi connectivity index (χ1) is 12.3. The molecule has 0 spiro atoms. The van der Waals surface area contributed by atoms with E-state index in [1.807, 2.05) is 0 Å². The minimum absolute atomic E-state index is 0.0397. The molecule has 0 radical (unpaired) electrons. The van der Waals surface area contributed by atoms with Crippen LogP contribution in [0.1, 0.15) is 20.9 Å². The van der Waals surface area contributed by atoms with Crippen LogP contribution < -0.4 is 5.32 Å². The Morgan fingerprint density at radius 2 is 1.69 bits per heavy atom. The highest BCUT2D eigenvalue weighted by atomic mass is 35.5. The number of carboxylic acids is 1. The predicted octanol–water partition coefficient (Wildman–Crippen LogP) is 5.86. The van der Waals surface area contributed by atoms with Crippen molar-refractivity contribution in [1.82, 2.24) is 0 Å². The summed E-state index contributed by atoms with van der Waals surface area (Å²) in [6.45, 7) is 0. The van der Waals surface area contributed by atoms with E-state index in [2.05, 4.69) is 5.32 Å². The van der Waals surface area contributed by atoms with Crippen LogP contribution in [-0.2, 0) is 0 Å². The molecule has 1 amide bonds. The van der Waals surface area contributed by atoms with Crippen molar-refractivity contribution in [3.63, 3.8) is 0 Å². The lowest BCUT2D eigenvalue weighted by molar-refractivity contribution is 0.0696. The number of anilines is 1. The van der Waals surface area contributed by atoms with Crippen LogP contribution in [0.25, 0.3) is 11.3 Å². The number of benzene rings is 2. The number of carbonyl (C=O) groups excluding carboxylic acids is 1. The SMILES string of the molecule is O=C(Nc1ccc(Cl)c(C(=O)O)c1)c1ccc(-c2ccc(Cl)cc2Cl)o1. The molecule has 0 unspecified atom stereocenters. The maximum Gasteiger partial charge on any atom is 0.337 e. The van der Waals surface area contributed by atoms with Gasteiger partial charge in [-0.15, -0.1) is 0 Å². The molecule has 3 aromatic rings. The van der Waals surface area contributed by atoms with Gasteiger partial charge in [0.15, 0.2) is 5.76 Å². The lowest BCUT2D eigenvalue weighted by Gasteiger charge is -2.06. The van der Waals surface area contributed by atoms with E-state index in [1.165, 1.54) is 24.3 Å². The van der Waals surface area contributed by atoms with E-state index in [0.717, 1.165) is 0 Å². The number of carbonyl (C=O) groups is 2. The highest BCUT2D eigenvalue weighted by molar-refractivity contribution is 6.36. The van der Waals surface area contributed by atoms with Crippen LogP contribution in [0.3, 0.4) is 0 Å². The molecule has 0 aliphatic carbocycles. The molecular weight excluding hydrogens is 401 g/mol. The lowest BCUT2D eigenvalue weighted by atomic mass is 10.2. The predicted molar refractivity (Wildman–Crippen MR) is 101 cm³/mol. The van der Waals surface area contributed by atoms with E-state index < -0.39 is 11.9 Å². The van der Waals surface area contributed by atoms with Crippen molar-refractivity contribution in [2.45, 2.75) is 0 Å². The quantitative estimate of drug-likeness (QED) is 0.565. The van der Waals surface area contributed by atoms with Gasteiger partial charge < -0.3 is 14.8 Å². The molecule has 0 bridgehead atoms. The number of furan rings is 1. The second-order valence-electron chi connectivity index (χ2n) is 5.24. The van der Waals surface area contributed by atoms with E-state index in [0.29, 0.717) is 21.4 Å². The summed E-state index contributed by atoms with van der Waals surface area (Å²) in [5, 5.41) is 12.6. The molecule has 0 aliphatic rings. The molecule has 2 aromatic carbocycles. The molecule has 26 heavy (non-hydrogen) atoms. The standard InChI is InChI=1S/C18H10Cl3NO4/c19-9-1-3-11(14(21)7-9)15-5-6-16(26-15)17(23)22-10-2-4-13(20)12(8-10)18(24)25/h1-8H,(H,22,23)(H,24,25). The van der Waals surface area contributed by atoms with Crippen molar-refractivity contribution < 1.29 is 19.1 Å². The maximum absolute atomic E-state index is 12.3. The molecular formula is C18H10Cl3NO4. The van der Waals surface area contributed by atoms with Gasteiger partial charge in [-0.05, 0) is 48.5 Å². The van der Waals surface area contributed by atoms with E-state index >= 15 is 0 Å². The van der Waals surface area contributed by atoms with Crippen LogP contribution >= 0.6 is 34.8 Å². The van der Waals surface area contributed by atoms with Crippen molar-refractivity contribution in [2.24, 2.45) is 0 Å². The Morgan fingerprint density at radius 3 is 2.38 bits per heavy atom. The number of rotatable bonds is 4. The molecule has 0 fully saturated rings. The zero-order valence-electron chi connectivity index (χ0n) is 12.9. The molecule has 1 heterocycles. The summed E-state index contributed by atoms with van der Waals surface area (Å²) < 4.78 is 5.54. The largest absolute Gasteiger partial charge is 0.478 e. The smallest absolute Gasteiger partial charge is 0.337 e. The topological polar surface area (TPSA) is 79.5 Å². The Balaban J connectivity index is 1.82. The van der Waals surface area contributed by atoms with E-state index in [1.54, 1.807) is 24.3 Å². The molecule has 0 saturated carbocycles. The van der Waals surface area contributed by atoms with Crippen LogP contribution in [0.2, 0.25) is 15.1 Å². The number of carboxylic acid groups (broad SMARTS) is 1. The Bertz CT molecular complexity index is 1010. The summed E-state index contributed by atoms with van der Waals surface area (Å²) >= 11 is 17.8. The summed E-state index contributed by atoms with van der Waals surface area (Å²) in [6.07, 6.45) is 0. The molecule has 3 rings (SSSR count). The van der Waals surface area contributed by atoms with Crippen molar-refractivity contribution in [3.05, 3.63) is 74.9 Å². The third kappa shape index (κ3) is 3.85. The Kier molecular flexibility index (Phi) is 5.23. The van der Waals surface area contributed by atoms with Gasteiger partial charge in [-0.25, -0.2) is 4.79 Å². The molecule has 5 nitrogen and oxygen atoms in total. The van der Waals surface area contributed by atoms with Crippen LogP contribution in [0.4, 0.5) is 5.69 Å². The summed E-state index contributed by atoms with van der Waals surface area (Å²) in [7, 11) is 0. The van der Waals surface area contributed by atoms with Gasteiger partial charge in [-0.1, -0.05) is 34.8 Å². The van der Waals surface area contributed by atoms with Gasteiger partial charge >= 0.3 is 5.97 Å². The molecule has 8 heteroatoms.